The summed E-state index contributed by atoms with van der Waals surface area (Å²) in [5, 5.41) is 6.22. The first kappa shape index (κ1) is 16.4. The van der Waals surface area contributed by atoms with Gasteiger partial charge in [-0.1, -0.05) is 11.8 Å². The monoisotopic (exact) mass is 314 g/mol. The van der Waals surface area contributed by atoms with Crippen LogP contribution in [-0.4, -0.2) is 11.4 Å². The number of carbonyl (C=O) groups excluding carboxylic acids is 1. The van der Waals surface area contributed by atoms with E-state index >= 15 is 0 Å². The van der Waals surface area contributed by atoms with Crippen molar-refractivity contribution in [2.24, 2.45) is 0 Å². The van der Waals surface area contributed by atoms with E-state index in [2.05, 4.69) is 55.7 Å². The van der Waals surface area contributed by atoms with Crippen LogP contribution in [0.3, 0.4) is 0 Å². The van der Waals surface area contributed by atoms with Crippen molar-refractivity contribution in [3.8, 4) is 0 Å². The second-order valence-corrected chi connectivity index (χ2v) is 7.35. The van der Waals surface area contributed by atoms with E-state index < -0.39 is 0 Å². The molecule has 0 radical (unpaired) electrons. The molecule has 2 aromatic carbocycles. The first-order valence-corrected chi connectivity index (χ1v) is 8.07. The molecule has 3 nitrogen and oxygen atoms in total. The van der Waals surface area contributed by atoms with E-state index in [1.54, 1.807) is 11.8 Å². The van der Waals surface area contributed by atoms with Crippen LogP contribution in [-0.2, 0) is 4.79 Å². The molecular weight excluding hydrogens is 292 g/mol. The summed E-state index contributed by atoms with van der Waals surface area (Å²) in [5.41, 5.74) is 2.01. The van der Waals surface area contributed by atoms with Gasteiger partial charge >= 0.3 is 0 Å². The average molecular weight is 314 g/mol. The minimum atomic E-state index is -0.0534. The standard InChI is InChI=1S/C18H22N2OS/c1-13(21)19-14-5-9-16(10-6-14)22-17-11-7-15(8-12-17)20-18(2,3)4/h5-12,20H,1-4H3,(H,19,21). The summed E-state index contributed by atoms with van der Waals surface area (Å²) in [6, 6.07) is 16.3. The number of carbonyl (C=O) groups is 1. The average Bonchev–Trinajstić information content (AvgIpc) is 2.41. The zero-order chi connectivity index (χ0) is 16.2. The molecule has 0 saturated carbocycles. The number of hydrogen-bond donors (Lipinski definition) is 2. The SMILES string of the molecule is CC(=O)Nc1ccc(Sc2ccc(NC(C)(C)C)cc2)cc1. The fraction of sp³-hybridized carbons (Fsp3) is 0.278. The molecule has 0 atom stereocenters. The van der Waals surface area contributed by atoms with Crippen molar-refractivity contribution in [2.75, 3.05) is 10.6 Å². The highest BCUT2D eigenvalue weighted by molar-refractivity contribution is 7.99. The maximum Gasteiger partial charge on any atom is 0.221 e. The lowest BCUT2D eigenvalue weighted by Crippen LogP contribution is -2.25. The highest BCUT2D eigenvalue weighted by Gasteiger charge is 2.08. The molecule has 0 spiro atoms. The van der Waals surface area contributed by atoms with Crippen LogP contribution in [0.2, 0.25) is 0 Å². The smallest absolute Gasteiger partial charge is 0.221 e. The van der Waals surface area contributed by atoms with E-state index in [1.165, 1.54) is 11.8 Å². The van der Waals surface area contributed by atoms with Crippen LogP contribution in [0.1, 0.15) is 27.7 Å². The quantitative estimate of drug-likeness (QED) is 0.833. The lowest BCUT2D eigenvalue weighted by atomic mass is 10.1. The Bertz CT molecular complexity index is 628. The highest BCUT2D eigenvalue weighted by atomic mass is 32.2. The maximum atomic E-state index is 11.0. The molecule has 0 aliphatic rings. The minimum absolute atomic E-state index is 0.0534. The lowest BCUT2D eigenvalue weighted by molar-refractivity contribution is -0.114. The van der Waals surface area contributed by atoms with Crippen LogP contribution in [0, 0.1) is 0 Å². The summed E-state index contributed by atoms with van der Waals surface area (Å²) in [6.45, 7) is 7.95. The summed E-state index contributed by atoms with van der Waals surface area (Å²) in [4.78, 5) is 13.3. The van der Waals surface area contributed by atoms with Crippen LogP contribution >= 0.6 is 11.8 Å². The number of benzene rings is 2. The van der Waals surface area contributed by atoms with Crippen molar-refractivity contribution in [2.45, 2.75) is 43.0 Å². The molecule has 0 unspecified atom stereocenters. The molecule has 2 aromatic rings. The van der Waals surface area contributed by atoms with Crippen molar-refractivity contribution >= 4 is 29.0 Å². The summed E-state index contributed by atoms with van der Waals surface area (Å²) in [5.74, 6) is -0.0534. The first-order chi connectivity index (χ1) is 10.3. The lowest BCUT2D eigenvalue weighted by Gasteiger charge is -2.22. The predicted molar refractivity (Wildman–Crippen MR) is 94.7 cm³/mol. The van der Waals surface area contributed by atoms with Gasteiger partial charge in [0.15, 0.2) is 0 Å². The molecule has 0 bridgehead atoms. The molecule has 0 aliphatic carbocycles. The Labute approximate surface area is 136 Å². The fourth-order valence-corrected chi connectivity index (χ4v) is 2.80. The van der Waals surface area contributed by atoms with Crippen molar-refractivity contribution in [1.82, 2.24) is 0 Å². The Morgan fingerprint density at radius 1 is 0.864 bits per heavy atom. The van der Waals surface area contributed by atoms with Gasteiger partial charge in [-0.05, 0) is 69.3 Å². The van der Waals surface area contributed by atoms with E-state index in [0.29, 0.717) is 0 Å². The molecule has 2 N–H and O–H groups in total. The van der Waals surface area contributed by atoms with Crippen molar-refractivity contribution in [1.29, 1.82) is 0 Å². The Balaban J connectivity index is 2.00. The molecule has 22 heavy (non-hydrogen) atoms. The van der Waals surface area contributed by atoms with Gasteiger partial charge in [-0.3, -0.25) is 4.79 Å². The number of anilines is 2. The largest absolute Gasteiger partial charge is 0.380 e. The second kappa shape index (κ2) is 6.88. The van der Waals surface area contributed by atoms with E-state index in [0.717, 1.165) is 16.3 Å². The normalized spacial score (nSPS) is 11.1. The maximum absolute atomic E-state index is 11.0. The molecule has 0 saturated heterocycles. The molecule has 1 amide bonds. The number of rotatable bonds is 4. The molecule has 0 aromatic heterocycles. The van der Waals surface area contributed by atoms with Gasteiger partial charge in [0.05, 0.1) is 0 Å². The molecule has 4 heteroatoms. The van der Waals surface area contributed by atoms with Crippen molar-refractivity contribution in [3.05, 3.63) is 48.5 Å². The van der Waals surface area contributed by atoms with Crippen LogP contribution < -0.4 is 10.6 Å². The van der Waals surface area contributed by atoms with Crippen molar-refractivity contribution in [3.63, 3.8) is 0 Å². The first-order valence-electron chi connectivity index (χ1n) is 7.26. The van der Waals surface area contributed by atoms with E-state index in [9.17, 15) is 4.79 Å². The summed E-state index contributed by atoms with van der Waals surface area (Å²) >= 11 is 1.70. The van der Waals surface area contributed by atoms with Gasteiger partial charge in [0.1, 0.15) is 0 Å². The zero-order valence-corrected chi connectivity index (χ0v) is 14.3. The molecule has 2 rings (SSSR count). The molecule has 0 heterocycles. The Kier molecular flexibility index (Phi) is 5.14. The van der Waals surface area contributed by atoms with Gasteiger partial charge in [0.2, 0.25) is 5.91 Å². The third-order valence-corrected chi connectivity index (χ3v) is 3.80. The highest BCUT2D eigenvalue weighted by Crippen LogP contribution is 2.29. The Morgan fingerprint density at radius 2 is 1.32 bits per heavy atom. The number of nitrogens with one attached hydrogen (secondary N) is 2. The zero-order valence-electron chi connectivity index (χ0n) is 13.4. The Hall–Kier alpha value is -1.94. The third kappa shape index (κ3) is 5.45. The van der Waals surface area contributed by atoms with Gasteiger partial charge in [0.25, 0.3) is 0 Å². The van der Waals surface area contributed by atoms with E-state index in [1.807, 2.05) is 24.3 Å². The number of hydrogen-bond acceptors (Lipinski definition) is 3. The van der Waals surface area contributed by atoms with Crippen molar-refractivity contribution < 1.29 is 4.79 Å². The second-order valence-electron chi connectivity index (χ2n) is 6.21. The summed E-state index contributed by atoms with van der Waals surface area (Å²) in [6.07, 6.45) is 0. The summed E-state index contributed by atoms with van der Waals surface area (Å²) in [7, 11) is 0. The molecular formula is C18H22N2OS. The van der Waals surface area contributed by atoms with Gasteiger partial charge < -0.3 is 10.6 Å². The number of amides is 1. The van der Waals surface area contributed by atoms with Crippen LogP contribution in [0.5, 0.6) is 0 Å². The fourth-order valence-electron chi connectivity index (χ4n) is 1.98. The van der Waals surface area contributed by atoms with Gasteiger partial charge in [-0.2, -0.15) is 0 Å². The molecule has 0 aliphatic heterocycles. The van der Waals surface area contributed by atoms with Crippen LogP contribution in [0.15, 0.2) is 58.3 Å². The minimum Gasteiger partial charge on any atom is -0.380 e. The van der Waals surface area contributed by atoms with Gasteiger partial charge in [0, 0.05) is 33.6 Å². The predicted octanol–water partition coefficient (Wildman–Crippen LogP) is 5.01. The van der Waals surface area contributed by atoms with Crippen LogP contribution in [0.25, 0.3) is 0 Å². The van der Waals surface area contributed by atoms with E-state index in [4.69, 9.17) is 0 Å². The molecule has 0 fully saturated rings. The van der Waals surface area contributed by atoms with E-state index in [-0.39, 0.29) is 11.4 Å². The van der Waals surface area contributed by atoms with Gasteiger partial charge in [-0.25, -0.2) is 0 Å². The van der Waals surface area contributed by atoms with Gasteiger partial charge in [-0.15, -0.1) is 0 Å². The van der Waals surface area contributed by atoms with Crippen LogP contribution in [0.4, 0.5) is 11.4 Å². The molecule has 116 valence electrons. The topological polar surface area (TPSA) is 41.1 Å². The third-order valence-electron chi connectivity index (χ3n) is 2.78. The Morgan fingerprint density at radius 3 is 1.73 bits per heavy atom. The summed E-state index contributed by atoms with van der Waals surface area (Å²) < 4.78 is 0.